The van der Waals surface area contributed by atoms with Crippen LogP contribution in [-0.4, -0.2) is 22.6 Å². The molecule has 0 saturated carbocycles. The zero-order valence-corrected chi connectivity index (χ0v) is 10.5. The van der Waals surface area contributed by atoms with Crippen molar-refractivity contribution < 1.29 is 14.3 Å². The summed E-state index contributed by atoms with van der Waals surface area (Å²) < 4.78 is 13.1. The number of amides is 1. The molecule has 0 saturated heterocycles. The fraction of sp³-hybridized carbons (Fsp3) is 0.143. The van der Waals surface area contributed by atoms with E-state index in [2.05, 4.69) is 10.3 Å². The summed E-state index contributed by atoms with van der Waals surface area (Å²) in [7, 11) is 0. The Morgan fingerprint density at radius 1 is 1.35 bits per heavy atom. The third-order valence-electron chi connectivity index (χ3n) is 2.80. The Morgan fingerprint density at radius 2 is 2.15 bits per heavy atom. The van der Waals surface area contributed by atoms with Crippen LogP contribution < -0.4 is 10.9 Å². The Balaban J connectivity index is 2.21. The number of carbonyl (C=O) groups is 1. The molecular weight excluding hydrogens is 263 g/mol. The van der Waals surface area contributed by atoms with E-state index in [9.17, 15) is 19.1 Å². The van der Waals surface area contributed by atoms with E-state index < -0.39 is 29.9 Å². The standard InChI is InChI=1S/C14H13FN2O3/c15-10-4-1-3-9(7-10)12(8-18)17-14(20)11-5-2-6-16-13(11)19/h1-7,12,18H,8H2,(H,16,19)(H,17,20)/t12-/m1/s1. The Hall–Kier alpha value is -2.47. The predicted molar refractivity (Wildman–Crippen MR) is 70.8 cm³/mol. The van der Waals surface area contributed by atoms with Gasteiger partial charge in [0.05, 0.1) is 12.6 Å². The zero-order chi connectivity index (χ0) is 14.5. The van der Waals surface area contributed by atoms with Crippen LogP contribution in [0.4, 0.5) is 4.39 Å². The van der Waals surface area contributed by atoms with Crippen molar-refractivity contribution in [2.45, 2.75) is 6.04 Å². The lowest BCUT2D eigenvalue weighted by Gasteiger charge is -2.16. The van der Waals surface area contributed by atoms with Gasteiger partial charge >= 0.3 is 0 Å². The maximum Gasteiger partial charge on any atom is 0.260 e. The van der Waals surface area contributed by atoms with Gasteiger partial charge in [0.15, 0.2) is 0 Å². The molecule has 0 spiro atoms. The van der Waals surface area contributed by atoms with E-state index in [0.29, 0.717) is 5.56 Å². The molecule has 1 amide bonds. The van der Waals surface area contributed by atoms with Crippen LogP contribution in [0.2, 0.25) is 0 Å². The summed E-state index contributed by atoms with van der Waals surface area (Å²) in [6, 6.07) is 7.66. The van der Waals surface area contributed by atoms with Gasteiger partial charge in [0, 0.05) is 6.20 Å². The first-order chi connectivity index (χ1) is 9.61. The van der Waals surface area contributed by atoms with Crippen LogP contribution in [0.15, 0.2) is 47.4 Å². The molecule has 2 rings (SSSR count). The first kappa shape index (κ1) is 14.0. The Labute approximate surface area is 114 Å². The van der Waals surface area contributed by atoms with Gasteiger partial charge < -0.3 is 15.4 Å². The number of nitrogens with one attached hydrogen (secondary N) is 2. The normalized spacial score (nSPS) is 11.9. The number of aliphatic hydroxyl groups excluding tert-OH is 1. The highest BCUT2D eigenvalue weighted by Gasteiger charge is 2.17. The lowest BCUT2D eigenvalue weighted by atomic mass is 10.1. The van der Waals surface area contributed by atoms with E-state index in [4.69, 9.17) is 0 Å². The highest BCUT2D eigenvalue weighted by atomic mass is 19.1. The molecule has 104 valence electrons. The van der Waals surface area contributed by atoms with E-state index in [0.717, 1.165) is 0 Å². The summed E-state index contributed by atoms with van der Waals surface area (Å²) in [4.78, 5) is 25.8. The van der Waals surface area contributed by atoms with Gasteiger partial charge in [-0.15, -0.1) is 0 Å². The number of rotatable bonds is 4. The molecule has 2 aromatic rings. The van der Waals surface area contributed by atoms with Gasteiger partial charge in [0.1, 0.15) is 11.4 Å². The summed E-state index contributed by atoms with van der Waals surface area (Å²) >= 11 is 0. The summed E-state index contributed by atoms with van der Waals surface area (Å²) in [5, 5.41) is 11.8. The van der Waals surface area contributed by atoms with E-state index in [1.807, 2.05) is 0 Å². The molecule has 0 radical (unpaired) electrons. The molecule has 1 aromatic heterocycles. The molecule has 0 aliphatic carbocycles. The van der Waals surface area contributed by atoms with Crippen LogP contribution in [0.5, 0.6) is 0 Å². The topological polar surface area (TPSA) is 82.2 Å². The van der Waals surface area contributed by atoms with Crippen LogP contribution >= 0.6 is 0 Å². The van der Waals surface area contributed by atoms with Crippen LogP contribution in [-0.2, 0) is 0 Å². The monoisotopic (exact) mass is 276 g/mol. The number of H-pyrrole nitrogens is 1. The van der Waals surface area contributed by atoms with Crippen LogP contribution in [0.25, 0.3) is 0 Å². The second-order valence-electron chi connectivity index (χ2n) is 4.18. The first-order valence-electron chi connectivity index (χ1n) is 5.96. The first-order valence-corrected chi connectivity index (χ1v) is 5.96. The molecule has 1 heterocycles. The lowest BCUT2D eigenvalue weighted by molar-refractivity contribution is 0.0914. The SMILES string of the molecule is O=C(N[C@H](CO)c1cccc(F)c1)c1ccc[nH]c1=O. The summed E-state index contributed by atoms with van der Waals surface area (Å²) in [6.45, 7) is -0.403. The van der Waals surface area contributed by atoms with E-state index in [-0.39, 0.29) is 5.56 Å². The third-order valence-corrected chi connectivity index (χ3v) is 2.80. The Bertz CT molecular complexity index is 669. The van der Waals surface area contributed by atoms with Crippen molar-refractivity contribution in [3.63, 3.8) is 0 Å². The van der Waals surface area contributed by atoms with Crippen molar-refractivity contribution in [3.05, 3.63) is 69.9 Å². The minimum absolute atomic E-state index is 0.0673. The number of hydrogen-bond acceptors (Lipinski definition) is 3. The average molecular weight is 276 g/mol. The third kappa shape index (κ3) is 3.10. The van der Waals surface area contributed by atoms with Crippen molar-refractivity contribution >= 4 is 5.91 Å². The van der Waals surface area contributed by atoms with Crippen molar-refractivity contribution in [3.8, 4) is 0 Å². The van der Waals surface area contributed by atoms with Crippen molar-refractivity contribution in [2.24, 2.45) is 0 Å². The van der Waals surface area contributed by atoms with E-state index in [1.165, 1.54) is 36.5 Å². The second kappa shape index (κ2) is 6.12. The Kier molecular flexibility index (Phi) is 4.27. The number of aromatic amines is 1. The number of halogens is 1. The minimum Gasteiger partial charge on any atom is -0.394 e. The molecule has 1 atom stereocenters. The van der Waals surface area contributed by atoms with Gasteiger partial charge in [-0.2, -0.15) is 0 Å². The lowest BCUT2D eigenvalue weighted by Crippen LogP contribution is -2.34. The minimum atomic E-state index is -0.780. The number of carbonyl (C=O) groups excluding carboxylic acids is 1. The number of pyridine rings is 1. The molecule has 0 aliphatic rings. The fourth-order valence-corrected chi connectivity index (χ4v) is 1.79. The van der Waals surface area contributed by atoms with Gasteiger partial charge in [0.25, 0.3) is 11.5 Å². The number of benzene rings is 1. The van der Waals surface area contributed by atoms with Crippen molar-refractivity contribution in [2.75, 3.05) is 6.61 Å². The molecular formula is C14H13FN2O3. The van der Waals surface area contributed by atoms with Gasteiger partial charge in [-0.1, -0.05) is 12.1 Å². The molecule has 6 heteroatoms. The largest absolute Gasteiger partial charge is 0.394 e. The highest BCUT2D eigenvalue weighted by molar-refractivity contribution is 5.94. The molecule has 0 bridgehead atoms. The molecule has 1 aromatic carbocycles. The second-order valence-corrected chi connectivity index (χ2v) is 4.18. The van der Waals surface area contributed by atoms with E-state index in [1.54, 1.807) is 6.07 Å². The maximum atomic E-state index is 13.1. The van der Waals surface area contributed by atoms with Gasteiger partial charge in [-0.05, 0) is 29.8 Å². The average Bonchev–Trinajstić information content (AvgIpc) is 2.45. The van der Waals surface area contributed by atoms with Crippen molar-refractivity contribution in [1.82, 2.24) is 10.3 Å². The van der Waals surface area contributed by atoms with Crippen LogP contribution in [0.3, 0.4) is 0 Å². The highest BCUT2D eigenvalue weighted by Crippen LogP contribution is 2.14. The summed E-state index contributed by atoms with van der Waals surface area (Å²) in [5.74, 6) is -1.09. The molecule has 5 nitrogen and oxygen atoms in total. The number of aromatic nitrogens is 1. The summed E-state index contributed by atoms with van der Waals surface area (Å²) in [6.07, 6.45) is 1.41. The quantitative estimate of drug-likeness (QED) is 0.778. The van der Waals surface area contributed by atoms with Gasteiger partial charge in [0.2, 0.25) is 0 Å². The van der Waals surface area contributed by atoms with Gasteiger partial charge in [-0.3, -0.25) is 9.59 Å². The zero-order valence-electron chi connectivity index (χ0n) is 10.5. The van der Waals surface area contributed by atoms with Crippen LogP contribution in [0, 0.1) is 5.82 Å². The Morgan fingerprint density at radius 3 is 2.80 bits per heavy atom. The molecule has 20 heavy (non-hydrogen) atoms. The predicted octanol–water partition coefficient (Wildman–Crippen LogP) is 0.977. The molecule has 0 unspecified atom stereocenters. The number of hydrogen-bond donors (Lipinski definition) is 3. The molecule has 0 fully saturated rings. The fourth-order valence-electron chi connectivity index (χ4n) is 1.79. The van der Waals surface area contributed by atoms with Crippen LogP contribution in [0.1, 0.15) is 22.0 Å². The van der Waals surface area contributed by atoms with E-state index >= 15 is 0 Å². The molecule has 3 N–H and O–H groups in total. The number of aliphatic hydroxyl groups is 1. The maximum absolute atomic E-state index is 13.1. The molecule has 0 aliphatic heterocycles. The summed E-state index contributed by atoms with van der Waals surface area (Å²) in [5.41, 5.74) is -0.170. The smallest absolute Gasteiger partial charge is 0.260 e. The van der Waals surface area contributed by atoms with Gasteiger partial charge in [-0.25, -0.2) is 4.39 Å². The van der Waals surface area contributed by atoms with Crippen molar-refractivity contribution in [1.29, 1.82) is 0 Å².